The quantitative estimate of drug-likeness (QED) is 0.447. The van der Waals surface area contributed by atoms with E-state index in [4.69, 9.17) is 4.74 Å². The van der Waals surface area contributed by atoms with E-state index in [0.29, 0.717) is 0 Å². The first-order valence-electron chi connectivity index (χ1n) is 7.07. The summed E-state index contributed by atoms with van der Waals surface area (Å²) in [5, 5.41) is 3.17. The van der Waals surface area contributed by atoms with E-state index >= 15 is 0 Å². The summed E-state index contributed by atoms with van der Waals surface area (Å²) in [5.74, 6) is -0.127. The van der Waals surface area contributed by atoms with Crippen LogP contribution in [0.5, 0.6) is 0 Å². The molecular formula is C14H29NO2. The minimum absolute atomic E-state index is 0.111. The molecule has 3 nitrogen and oxygen atoms in total. The average molecular weight is 243 g/mol. The van der Waals surface area contributed by atoms with Crippen molar-refractivity contribution < 1.29 is 9.53 Å². The molecule has 1 atom stereocenters. The van der Waals surface area contributed by atoms with Gasteiger partial charge in [0.05, 0.1) is 7.11 Å². The van der Waals surface area contributed by atoms with Crippen LogP contribution in [-0.4, -0.2) is 25.7 Å². The molecule has 0 aliphatic carbocycles. The van der Waals surface area contributed by atoms with Crippen molar-refractivity contribution in [3.8, 4) is 0 Å². The Hall–Kier alpha value is -0.570. The number of hydrogen-bond acceptors (Lipinski definition) is 3. The van der Waals surface area contributed by atoms with Crippen LogP contribution in [0.25, 0.3) is 0 Å². The zero-order chi connectivity index (χ0) is 12.9. The number of unbranched alkanes of at least 4 members (excludes halogenated alkanes) is 6. The van der Waals surface area contributed by atoms with Gasteiger partial charge in [-0.3, -0.25) is 4.79 Å². The molecule has 0 aromatic carbocycles. The van der Waals surface area contributed by atoms with Crippen molar-refractivity contribution in [3.05, 3.63) is 0 Å². The molecule has 3 heteroatoms. The highest BCUT2D eigenvalue weighted by Crippen LogP contribution is 2.10. The molecule has 0 bridgehead atoms. The van der Waals surface area contributed by atoms with Crippen LogP contribution in [0.4, 0.5) is 0 Å². The average Bonchev–Trinajstić information content (AvgIpc) is 2.35. The van der Waals surface area contributed by atoms with Crippen LogP contribution in [0.15, 0.2) is 0 Å². The Bertz CT molecular complexity index is 183. The molecule has 0 amide bonds. The van der Waals surface area contributed by atoms with E-state index in [2.05, 4.69) is 12.2 Å². The fraction of sp³-hybridized carbons (Fsp3) is 0.929. The van der Waals surface area contributed by atoms with Gasteiger partial charge in [0.25, 0.3) is 0 Å². The van der Waals surface area contributed by atoms with Crippen LogP contribution in [0.3, 0.4) is 0 Å². The lowest BCUT2D eigenvalue weighted by atomic mass is 10.1. The Morgan fingerprint density at radius 2 is 1.65 bits per heavy atom. The van der Waals surface area contributed by atoms with Gasteiger partial charge >= 0.3 is 5.97 Å². The normalized spacial score (nSPS) is 12.4. The molecule has 0 spiro atoms. The Labute approximate surface area is 106 Å². The molecule has 0 aliphatic rings. The molecular weight excluding hydrogens is 214 g/mol. The van der Waals surface area contributed by atoms with Crippen LogP contribution in [-0.2, 0) is 9.53 Å². The highest BCUT2D eigenvalue weighted by Gasteiger charge is 2.16. The number of methoxy groups -OCH3 is 1. The number of carbonyl (C=O) groups excluding carboxylic acids is 1. The lowest BCUT2D eigenvalue weighted by Crippen LogP contribution is -2.37. The zero-order valence-electron chi connectivity index (χ0n) is 11.8. The number of esters is 1. The van der Waals surface area contributed by atoms with Gasteiger partial charge in [0.1, 0.15) is 6.04 Å². The van der Waals surface area contributed by atoms with Crippen molar-refractivity contribution in [1.82, 2.24) is 5.32 Å². The molecule has 0 fully saturated rings. The van der Waals surface area contributed by atoms with Crippen LogP contribution in [0.2, 0.25) is 0 Å². The van der Waals surface area contributed by atoms with Crippen LogP contribution >= 0.6 is 0 Å². The van der Waals surface area contributed by atoms with E-state index < -0.39 is 0 Å². The second kappa shape index (κ2) is 11.9. The Morgan fingerprint density at radius 3 is 2.18 bits per heavy atom. The third kappa shape index (κ3) is 9.16. The topological polar surface area (TPSA) is 38.3 Å². The molecule has 0 aromatic heterocycles. The van der Waals surface area contributed by atoms with Gasteiger partial charge in [0.2, 0.25) is 0 Å². The molecule has 0 saturated carbocycles. The molecule has 17 heavy (non-hydrogen) atoms. The van der Waals surface area contributed by atoms with Crippen LogP contribution < -0.4 is 5.32 Å². The first-order chi connectivity index (χ1) is 8.26. The number of carbonyl (C=O) groups is 1. The number of nitrogens with one attached hydrogen (secondary N) is 1. The van der Waals surface area contributed by atoms with Crippen LogP contribution in [0, 0.1) is 0 Å². The van der Waals surface area contributed by atoms with E-state index in [0.717, 1.165) is 19.4 Å². The standard InChI is InChI=1S/C14H29NO2/c1-4-6-7-8-9-10-11-12-13(15-5-2)14(16)17-3/h13,15H,4-12H2,1-3H3. The fourth-order valence-corrected chi connectivity index (χ4v) is 2.00. The van der Waals surface area contributed by atoms with E-state index in [-0.39, 0.29) is 12.0 Å². The Morgan fingerprint density at radius 1 is 1.06 bits per heavy atom. The summed E-state index contributed by atoms with van der Waals surface area (Å²) in [5.41, 5.74) is 0. The van der Waals surface area contributed by atoms with Gasteiger partial charge in [0.15, 0.2) is 0 Å². The third-order valence-electron chi connectivity index (χ3n) is 3.03. The number of rotatable bonds is 11. The highest BCUT2D eigenvalue weighted by molar-refractivity contribution is 5.75. The maximum absolute atomic E-state index is 11.4. The predicted molar refractivity (Wildman–Crippen MR) is 72.1 cm³/mol. The number of ether oxygens (including phenoxy) is 1. The minimum Gasteiger partial charge on any atom is -0.468 e. The lowest BCUT2D eigenvalue weighted by molar-refractivity contribution is -0.143. The minimum atomic E-state index is -0.127. The summed E-state index contributed by atoms with van der Waals surface area (Å²) in [6, 6.07) is -0.111. The maximum atomic E-state index is 11.4. The van der Waals surface area contributed by atoms with E-state index in [1.165, 1.54) is 45.6 Å². The molecule has 1 N–H and O–H groups in total. The monoisotopic (exact) mass is 243 g/mol. The second-order valence-electron chi connectivity index (χ2n) is 4.54. The fourth-order valence-electron chi connectivity index (χ4n) is 2.00. The summed E-state index contributed by atoms with van der Waals surface area (Å²) in [6.07, 6.45) is 9.85. The number of hydrogen-bond donors (Lipinski definition) is 1. The Kier molecular flexibility index (Phi) is 11.5. The molecule has 0 aromatic rings. The molecule has 0 heterocycles. The summed E-state index contributed by atoms with van der Waals surface area (Å²) in [4.78, 5) is 11.4. The summed E-state index contributed by atoms with van der Waals surface area (Å²) < 4.78 is 4.77. The maximum Gasteiger partial charge on any atom is 0.322 e. The largest absolute Gasteiger partial charge is 0.468 e. The van der Waals surface area contributed by atoms with Crippen molar-refractivity contribution in [1.29, 1.82) is 0 Å². The van der Waals surface area contributed by atoms with Crippen LogP contribution in [0.1, 0.15) is 65.2 Å². The highest BCUT2D eigenvalue weighted by atomic mass is 16.5. The number of likely N-dealkylation sites (N-methyl/N-ethyl adjacent to an activating group) is 1. The lowest BCUT2D eigenvalue weighted by Gasteiger charge is -2.14. The molecule has 102 valence electrons. The van der Waals surface area contributed by atoms with Gasteiger partial charge < -0.3 is 10.1 Å². The van der Waals surface area contributed by atoms with Gasteiger partial charge in [-0.25, -0.2) is 0 Å². The first kappa shape index (κ1) is 16.4. The Balaban J connectivity index is 3.51. The van der Waals surface area contributed by atoms with E-state index in [1.807, 2.05) is 6.92 Å². The van der Waals surface area contributed by atoms with Gasteiger partial charge in [-0.2, -0.15) is 0 Å². The van der Waals surface area contributed by atoms with E-state index in [1.54, 1.807) is 0 Å². The van der Waals surface area contributed by atoms with Crippen molar-refractivity contribution >= 4 is 5.97 Å². The van der Waals surface area contributed by atoms with Crippen molar-refractivity contribution in [2.75, 3.05) is 13.7 Å². The SMILES string of the molecule is CCCCCCCCCC(NCC)C(=O)OC. The van der Waals surface area contributed by atoms with Crippen molar-refractivity contribution in [3.63, 3.8) is 0 Å². The summed E-state index contributed by atoms with van der Waals surface area (Å²) in [6.45, 7) is 5.06. The molecule has 0 aliphatic heterocycles. The third-order valence-corrected chi connectivity index (χ3v) is 3.03. The van der Waals surface area contributed by atoms with Crippen molar-refractivity contribution in [2.45, 2.75) is 71.3 Å². The van der Waals surface area contributed by atoms with Crippen molar-refractivity contribution in [2.24, 2.45) is 0 Å². The van der Waals surface area contributed by atoms with Gasteiger partial charge in [-0.1, -0.05) is 58.8 Å². The van der Waals surface area contributed by atoms with Gasteiger partial charge in [0, 0.05) is 0 Å². The molecule has 0 radical (unpaired) electrons. The molecule has 0 saturated heterocycles. The summed E-state index contributed by atoms with van der Waals surface area (Å²) >= 11 is 0. The first-order valence-corrected chi connectivity index (χ1v) is 7.07. The smallest absolute Gasteiger partial charge is 0.322 e. The van der Waals surface area contributed by atoms with Gasteiger partial charge in [-0.05, 0) is 13.0 Å². The molecule has 1 unspecified atom stereocenters. The predicted octanol–water partition coefficient (Wildman–Crippen LogP) is 3.28. The second-order valence-corrected chi connectivity index (χ2v) is 4.54. The zero-order valence-corrected chi connectivity index (χ0v) is 11.8. The van der Waals surface area contributed by atoms with Gasteiger partial charge in [-0.15, -0.1) is 0 Å². The molecule has 0 rings (SSSR count). The summed E-state index contributed by atoms with van der Waals surface area (Å²) in [7, 11) is 1.46. The van der Waals surface area contributed by atoms with E-state index in [9.17, 15) is 4.79 Å².